The van der Waals surface area contributed by atoms with Crippen molar-refractivity contribution in [3.63, 3.8) is 0 Å². The summed E-state index contributed by atoms with van der Waals surface area (Å²) in [6.07, 6.45) is 0.717. The Hall–Kier alpha value is 0.0513. The summed E-state index contributed by atoms with van der Waals surface area (Å²) in [4.78, 5) is 0. The van der Waals surface area contributed by atoms with Gasteiger partial charge in [0.15, 0.2) is 11.5 Å². The van der Waals surface area contributed by atoms with E-state index < -0.39 is 18.5 Å². The van der Waals surface area contributed by atoms with Gasteiger partial charge in [0.25, 0.3) is 0 Å². The number of para-hydroxylation sites is 1. The Morgan fingerprint density at radius 2 is 1.73 bits per heavy atom. The maximum absolute atomic E-state index is 11.8. The van der Waals surface area contributed by atoms with Gasteiger partial charge in [0.05, 0.1) is 0 Å². The van der Waals surface area contributed by atoms with E-state index in [9.17, 15) is 12.9 Å². The molecular formula is C8H7BF3KO2. The van der Waals surface area contributed by atoms with Crippen molar-refractivity contribution in [2.45, 2.75) is 0 Å². The van der Waals surface area contributed by atoms with Crippen molar-refractivity contribution >= 4 is 13.1 Å². The Morgan fingerprint density at radius 1 is 1.13 bits per heavy atom. The first kappa shape index (κ1) is 15.1. The molecule has 0 aliphatic carbocycles. The summed E-state index contributed by atoms with van der Waals surface area (Å²) >= 11 is 0. The third-order valence-electron chi connectivity index (χ3n) is 1.54. The molecule has 7 heteroatoms. The maximum Gasteiger partial charge on any atom is 1.00 e. The van der Waals surface area contributed by atoms with Crippen LogP contribution in [-0.2, 0) is 0 Å². The molecule has 0 unspecified atom stereocenters. The van der Waals surface area contributed by atoms with Crippen LogP contribution in [0.2, 0.25) is 0 Å². The van der Waals surface area contributed by atoms with Crippen molar-refractivity contribution in [1.82, 2.24) is 0 Å². The van der Waals surface area contributed by atoms with Crippen LogP contribution in [0.15, 0.2) is 24.2 Å². The van der Waals surface area contributed by atoms with Crippen LogP contribution in [0.3, 0.4) is 0 Å². The SMILES string of the molecule is Oc1cccc(/C=C/[B-](F)(F)F)c1O.[K+]. The zero-order valence-corrected chi connectivity index (χ0v) is 11.1. The van der Waals surface area contributed by atoms with E-state index in [-0.39, 0.29) is 62.9 Å². The van der Waals surface area contributed by atoms with Crippen molar-refractivity contribution in [3.8, 4) is 11.5 Å². The third-order valence-corrected chi connectivity index (χ3v) is 1.54. The van der Waals surface area contributed by atoms with Gasteiger partial charge in [0.2, 0.25) is 0 Å². The molecular weight excluding hydrogens is 235 g/mol. The number of hydrogen-bond acceptors (Lipinski definition) is 2. The first-order chi connectivity index (χ1) is 6.40. The normalized spacial score (nSPS) is 11.4. The molecule has 0 fully saturated rings. The number of aromatic hydroxyl groups is 2. The third kappa shape index (κ3) is 5.08. The number of phenolic OH excluding ortho intramolecular Hbond substituents is 2. The van der Waals surface area contributed by atoms with Gasteiger partial charge in [0.1, 0.15) is 0 Å². The van der Waals surface area contributed by atoms with Crippen LogP contribution in [-0.4, -0.2) is 17.2 Å². The number of phenols is 2. The van der Waals surface area contributed by atoms with E-state index in [0.29, 0.717) is 0 Å². The first-order valence-electron chi connectivity index (χ1n) is 3.80. The Bertz CT molecular complexity index is 365. The van der Waals surface area contributed by atoms with Gasteiger partial charge in [-0.25, -0.2) is 0 Å². The average Bonchev–Trinajstić information content (AvgIpc) is 2.06. The fourth-order valence-electron chi connectivity index (χ4n) is 0.896. The molecule has 0 radical (unpaired) electrons. The van der Waals surface area contributed by atoms with E-state index in [4.69, 9.17) is 10.2 Å². The van der Waals surface area contributed by atoms with Gasteiger partial charge in [-0.3, -0.25) is 0 Å². The molecule has 0 amide bonds. The molecule has 0 aromatic heterocycles. The molecule has 2 nitrogen and oxygen atoms in total. The summed E-state index contributed by atoms with van der Waals surface area (Å²) in [6, 6.07) is 3.80. The van der Waals surface area contributed by atoms with Gasteiger partial charge >= 0.3 is 58.4 Å². The van der Waals surface area contributed by atoms with Gasteiger partial charge in [-0.15, -0.1) is 5.98 Å². The number of benzene rings is 1. The van der Waals surface area contributed by atoms with E-state index in [0.717, 1.165) is 6.08 Å². The van der Waals surface area contributed by atoms with Crippen LogP contribution in [0, 0.1) is 0 Å². The van der Waals surface area contributed by atoms with Crippen LogP contribution in [0.1, 0.15) is 5.56 Å². The van der Waals surface area contributed by atoms with Gasteiger partial charge < -0.3 is 23.2 Å². The van der Waals surface area contributed by atoms with E-state index in [2.05, 4.69) is 0 Å². The van der Waals surface area contributed by atoms with E-state index in [1.807, 2.05) is 0 Å². The van der Waals surface area contributed by atoms with Crippen molar-refractivity contribution in [2.24, 2.45) is 0 Å². The minimum Gasteiger partial charge on any atom is -0.504 e. The van der Waals surface area contributed by atoms with Crippen LogP contribution < -0.4 is 51.4 Å². The molecule has 0 spiro atoms. The fourth-order valence-corrected chi connectivity index (χ4v) is 0.896. The van der Waals surface area contributed by atoms with Gasteiger partial charge in [-0.05, 0) is 6.07 Å². The van der Waals surface area contributed by atoms with E-state index >= 15 is 0 Å². The second-order valence-corrected chi connectivity index (χ2v) is 2.70. The van der Waals surface area contributed by atoms with Gasteiger partial charge in [-0.2, -0.15) is 0 Å². The molecule has 1 aromatic rings. The largest absolute Gasteiger partial charge is 1.00 e. The fraction of sp³-hybridized carbons (Fsp3) is 0. The predicted molar refractivity (Wildman–Crippen MR) is 47.9 cm³/mol. The summed E-state index contributed by atoms with van der Waals surface area (Å²) < 4.78 is 35.4. The molecule has 0 atom stereocenters. The molecule has 1 aromatic carbocycles. The summed E-state index contributed by atoms with van der Waals surface area (Å²) in [5.41, 5.74) is -0.0656. The molecule has 0 bridgehead atoms. The molecule has 15 heavy (non-hydrogen) atoms. The van der Waals surface area contributed by atoms with Crippen molar-refractivity contribution in [2.75, 3.05) is 0 Å². The summed E-state index contributed by atoms with van der Waals surface area (Å²) in [5.74, 6) is -0.945. The topological polar surface area (TPSA) is 40.5 Å². The van der Waals surface area contributed by atoms with Crippen LogP contribution in [0.4, 0.5) is 12.9 Å². The van der Waals surface area contributed by atoms with Gasteiger partial charge in [-0.1, -0.05) is 18.2 Å². The van der Waals surface area contributed by atoms with Crippen molar-refractivity contribution < 1.29 is 74.5 Å². The second kappa shape index (κ2) is 5.95. The van der Waals surface area contributed by atoms with Crippen LogP contribution >= 0.6 is 0 Å². The molecule has 0 aliphatic heterocycles. The molecule has 0 saturated heterocycles. The quantitative estimate of drug-likeness (QED) is 0.542. The van der Waals surface area contributed by atoms with E-state index in [1.165, 1.54) is 18.2 Å². The second-order valence-electron chi connectivity index (χ2n) is 2.70. The molecule has 2 N–H and O–H groups in total. The minimum atomic E-state index is -5.03. The summed E-state index contributed by atoms with van der Waals surface area (Å²) in [7, 11) is 0. The Kier molecular flexibility index (Phi) is 5.97. The van der Waals surface area contributed by atoms with E-state index in [1.54, 1.807) is 0 Å². The number of halogens is 3. The molecule has 76 valence electrons. The zero-order chi connectivity index (χ0) is 10.8. The summed E-state index contributed by atoms with van der Waals surface area (Å²) in [6.45, 7) is -5.03. The Morgan fingerprint density at radius 3 is 2.27 bits per heavy atom. The van der Waals surface area contributed by atoms with Crippen LogP contribution in [0.25, 0.3) is 6.08 Å². The predicted octanol–water partition coefficient (Wildman–Crippen LogP) is -0.498. The molecule has 0 saturated carbocycles. The smallest absolute Gasteiger partial charge is 0.504 e. The Labute approximate surface area is 127 Å². The Balaban J connectivity index is 0.00000196. The summed E-state index contributed by atoms with van der Waals surface area (Å²) in [5, 5.41) is 18.1. The standard InChI is InChI=1S/C8H7BF3O2.K/c10-9(11,12)5-4-6-2-1-3-7(13)8(6)14;/h1-5,13-14H;/q-1;+1/b5-4+;. The number of hydrogen-bond donors (Lipinski definition) is 2. The minimum absolute atomic E-state index is 0. The molecule has 0 heterocycles. The number of rotatable bonds is 2. The first-order valence-corrected chi connectivity index (χ1v) is 3.80. The monoisotopic (exact) mass is 242 g/mol. The van der Waals surface area contributed by atoms with Gasteiger partial charge in [0, 0.05) is 5.56 Å². The molecule has 0 aliphatic rings. The maximum atomic E-state index is 11.8. The van der Waals surface area contributed by atoms with Crippen molar-refractivity contribution in [1.29, 1.82) is 0 Å². The van der Waals surface area contributed by atoms with Crippen LogP contribution in [0.5, 0.6) is 11.5 Å². The van der Waals surface area contributed by atoms with Crippen molar-refractivity contribution in [3.05, 3.63) is 29.7 Å². The average molecular weight is 242 g/mol. The molecule has 1 rings (SSSR count). The zero-order valence-electron chi connectivity index (χ0n) is 7.99.